The van der Waals surface area contributed by atoms with Crippen LogP contribution >= 0.6 is 0 Å². The minimum Gasteiger partial charge on any atom is -0.374 e. The smallest absolute Gasteiger partial charge is 0.242 e. The third-order valence-electron chi connectivity index (χ3n) is 3.15. The Bertz CT molecular complexity index is 532. The van der Waals surface area contributed by atoms with E-state index in [-0.39, 0.29) is 17.5 Å². The van der Waals surface area contributed by atoms with E-state index in [1.165, 1.54) is 12.3 Å². The molecule has 0 saturated carbocycles. The Kier molecular flexibility index (Phi) is 4.92. The van der Waals surface area contributed by atoms with Crippen molar-refractivity contribution in [3.05, 3.63) is 18.3 Å². The number of rotatable bonds is 5. The van der Waals surface area contributed by atoms with Gasteiger partial charge in [0.1, 0.15) is 10.7 Å². The maximum Gasteiger partial charge on any atom is 0.242 e. The molecule has 1 aliphatic heterocycles. The van der Waals surface area contributed by atoms with Crippen LogP contribution in [0.25, 0.3) is 0 Å². The Hall–Kier alpha value is -1.22. The van der Waals surface area contributed by atoms with Crippen LogP contribution in [0.2, 0.25) is 0 Å². The topological polar surface area (TPSA) is 83.6 Å². The number of anilines is 1. The van der Waals surface area contributed by atoms with Crippen molar-refractivity contribution in [2.45, 2.75) is 11.0 Å². The van der Waals surface area contributed by atoms with E-state index in [4.69, 9.17) is 4.74 Å². The lowest BCUT2D eigenvalue weighted by Crippen LogP contribution is -2.45. The van der Waals surface area contributed by atoms with Crippen molar-refractivity contribution >= 4 is 15.8 Å². The summed E-state index contributed by atoms with van der Waals surface area (Å²) in [5.41, 5.74) is 0. The number of hydrogen-bond acceptors (Lipinski definition) is 6. The molecule has 112 valence electrons. The second-order valence-electron chi connectivity index (χ2n) is 4.74. The van der Waals surface area contributed by atoms with Gasteiger partial charge >= 0.3 is 0 Å². The Morgan fingerprint density at radius 1 is 1.50 bits per heavy atom. The summed E-state index contributed by atoms with van der Waals surface area (Å²) in [4.78, 5) is 6.27. The molecule has 0 aromatic carbocycles. The molecule has 2 rings (SSSR count). The van der Waals surface area contributed by atoms with E-state index >= 15 is 0 Å². The molecule has 7 nitrogen and oxygen atoms in total. The molecule has 2 N–H and O–H groups in total. The van der Waals surface area contributed by atoms with Gasteiger partial charge in [-0.25, -0.2) is 18.1 Å². The van der Waals surface area contributed by atoms with E-state index in [1.54, 1.807) is 13.1 Å². The standard InChI is InChI=1S/C12H20N4O3S/c1-13-12-4-3-11(8-14-12)20(17,18)15-7-10-9-16(2)5-6-19-10/h3-4,8,10,15H,5-7,9H2,1-2H3,(H,13,14). The Morgan fingerprint density at radius 3 is 2.90 bits per heavy atom. The van der Waals surface area contributed by atoms with E-state index < -0.39 is 10.0 Å². The second-order valence-corrected chi connectivity index (χ2v) is 6.50. The normalized spacial score (nSPS) is 20.8. The van der Waals surface area contributed by atoms with Gasteiger partial charge in [0.2, 0.25) is 10.0 Å². The first-order valence-electron chi connectivity index (χ1n) is 6.45. The average molecular weight is 300 g/mol. The van der Waals surface area contributed by atoms with Gasteiger partial charge in [-0.2, -0.15) is 0 Å². The first kappa shape index (κ1) is 15.2. The van der Waals surface area contributed by atoms with Crippen LogP contribution in [0, 0.1) is 0 Å². The molecule has 1 atom stereocenters. The summed E-state index contributed by atoms with van der Waals surface area (Å²) in [6.07, 6.45) is 1.22. The van der Waals surface area contributed by atoms with Gasteiger partial charge in [-0.15, -0.1) is 0 Å². The summed E-state index contributed by atoms with van der Waals surface area (Å²) in [5, 5.41) is 2.84. The molecule has 1 aliphatic rings. The molecule has 20 heavy (non-hydrogen) atoms. The maximum atomic E-state index is 12.1. The molecule has 1 unspecified atom stereocenters. The largest absolute Gasteiger partial charge is 0.374 e. The van der Waals surface area contributed by atoms with Crippen LogP contribution in [0.15, 0.2) is 23.2 Å². The number of ether oxygens (including phenoxy) is 1. The summed E-state index contributed by atoms with van der Waals surface area (Å²) < 4.78 is 32.3. The molecule has 0 amide bonds. The first-order chi connectivity index (χ1) is 9.51. The van der Waals surface area contributed by atoms with Gasteiger partial charge in [0.05, 0.1) is 12.7 Å². The lowest BCUT2D eigenvalue weighted by atomic mass is 10.3. The zero-order valence-electron chi connectivity index (χ0n) is 11.7. The minimum absolute atomic E-state index is 0.118. The van der Waals surface area contributed by atoms with Crippen molar-refractivity contribution in [3.63, 3.8) is 0 Å². The predicted molar refractivity (Wildman–Crippen MR) is 76.2 cm³/mol. The zero-order valence-corrected chi connectivity index (χ0v) is 12.5. The molecular formula is C12H20N4O3S. The van der Waals surface area contributed by atoms with Gasteiger partial charge < -0.3 is 15.0 Å². The SMILES string of the molecule is CNc1ccc(S(=O)(=O)NCC2CN(C)CCO2)cn1. The number of hydrogen-bond donors (Lipinski definition) is 2. The number of nitrogens with zero attached hydrogens (tertiary/aromatic N) is 2. The third kappa shape index (κ3) is 3.89. The molecular weight excluding hydrogens is 280 g/mol. The van der Waals surface area contributed by atoms with Crippen LogP contribution in [0.5, 0.6) is 0 Å². The number of morpholine rings is 1. The quantitative estimate of drug-likeness (QED) is 0.779. The molecule has 1 aromatic heterocycles. The van der Waals surface area contributed by atoms with E-state index in [0.29, 0.717) is 12.4 Å². The van der Waals surface area contributed by atoms with Crippen molar-refractivity contribution in [1.29, 1.82) is 0 Å². The van der Waals surface area contributed by atoms with Gasteiger partial charge in [0.25, 0.3) is 0 Å². The predicted octanol–water partition coefficient (Wildman–Crippen LogP) is -0.268. The molecule has 1 saturated heterocycles. The van der Waals surface area contributed by atoms with Gasteiger partial charge in [-0.1, -0.05) is 0 Å². The highest BCUT2D eigenvalue weighted by Crippen LogP contribution is 2.10. The summed E-state index contributed by atoms with van der Waals surface area (Å²) in [7, 11) is 0.177. The summed E-state index contributed by atoms with van der Waals surface area (Å²) in [6.45, 7) is 2.49. The Balaban J connectivity index is 1.96. The number of pyridine rings is 1. The van der Waals surface area contributed by atoms with E-state index in [0.717, 1.165) is 13.1 Å². The summed E-state index contributed by atoms with van der Waals surface area (Å²) in [6, 6.07) is 3.15. The Morgan fingerprint density at radius 2 is 2.30 bits per heavy atom. The number of sulfonamides is 1. The van der Waals surface area contributed by atoms with Gasteiger partial charge in [0.15, 0.2) is 0 Å². The molecule has 0 aliphatic carbocycles. The van der Waals surface area contributed by atoms with Crippen molar-refractivity contribution in [2.75, 3.05) is 45.7 Å². The molecule has 0 spiro atoms. The molecule has 0 bridgehead atoms. The molecule has 1 fully saturated rings. The van der Waals surface area contributed by atoms with E-state index in [1.807, 2.05) is 7.05 Å². The summed E-state index contributed by atoms with van der Waals surface area (Å²) in [5.74, 6) is 0.626. The van der Waals surface area contributed by atoms with Crippen molar-refractivity contribution < 1.29 is 13.2 Å². The lowest BCUT2D eigenvalue weighted by molar-refractivity contribution is -0.0156. The van der Waals surface area contributed by atoms with Gasteiger partial charge in [-0.05, 0) is 19.2 Å². The third-order valence-corrected chi connectivity index (χ3v) is 4.55. The zero-order chi connectivity index (χ0) is 14.6. The molecule has 1 aromatic rings. The molecule has 8 heteroatoms. The van der Waals surface area contributed by atoms with E-state index in [2.05, 4.69) is 19.9 Å². The fourth-order valence-electron chi connectivity index (χ4n) is 1.96. The highest BCUT2D eigenvalue weighted by molar-refractivity contribution is 7.89. The fourth-order valence-corrected chi connectivity index (χ4v) is 2.97. The van der Waals surface area contributed by atoms with Crippen LogP contribution in [0.3, 0.4) is 0 Å². The molecule has 0 radical (unpaired) electrons. The van der Waals surface area contributed by atoms with Crippen LogP contribution in [-0.2, 0) is 14.8 Å². The first-order valence-corrected chi connectivity index (χ1v) is 7.93. The highest BCUT2D eigenvalue weighted by atomic mass is 32.2. The molecule has 2 heterocycles. The van der Waals surface area contributed by atoms with Crippen molar-refractivity contribution in [3.8, 4) is 0 Å². The van der Waals surface area contributed by atoms with Gasteiger partial charge in [-0.3, -0.25) is 0 Å². The second kappa shape index (κ2) is 6.49. The van der Waals surface area contributed by atoms with Crippen LogP contribution in [0.4, 0.5) is 5.82 Å². The van der Waals surface area contributed by atoms with Crippen LogP contribution in [-0.4, -0.2) is 64.7 Å². The van der Waals surface area contributed by atoms with Crippen molar-refractivity contribution in [1.82, 2.24) is 14.6 Å². The Labute approximate surface area is 119 Å². The minimum atomic E-state index is -3.54. The average Bonchev–Trinajstić information content (AvgIpc) is 2.45. The maximum absolute atomic E-state index is 12.1. The summed E-state index contributed by atoms with van der Waals surface area (Å²) >= 11 is 0. The number of nitrogens with one attached hydrogen (secondary N) is 2. The van der Waals surface area contributed by atoms with Crippen molar-refractivity contribution in [2.24, 2.45) is 0 Å². The van der Waals surface area contributed by atoms with Crippen LogP contribution in [0.1, 0.15) is 0 Å². The fraction of sp³-hybridized carbons (Fsp3) is 0.583. The van der Waals surface area contributed by atoms with E-state index in [9.17, 15) is 8.42 Å². The van der Waals surface area contributed by atoms with Crippen LogP contribution < -0.4 is 10.0 Å². The van der Waals surface area contributed by atoms with Gasteiger partial charge in [0, 0.05) is 32.9 Å². The lowest BCUT2D eigenvalue weighted by Gasteiger charge is -2.30. The monoisotopic (exact) mass is 300 g/mol. The number of likely N-dealkylation sites (N-methyl/N-ethyl adjacent to an activating group) is 1. The highest BCUT2D eigenvalue weighted by Gasteiger charge is 2.21. The number of aromatic nitrogens is 1.